The second kappa shape index (κ2) is 10.0. The molecular formula is C20H23Cl2N3O4. The Hall–Kier alpha value is -2.19. The lowest BCUT2D eigenvalue weighted by molar-refractivity contribution is -0.385. The van der Waals surface area contributed by atoms with Crippen LogP contribution in [0.1, 0.15) is 28.8 Å². The third kappa shape index (κ3) is 5.67. The molecule has 1 saturated heterocycles. The van der Waals surface area contributed by atoms with Crippen molar-refractivity contribution in [3.63, 3.8) is 0 Å². The van der Waals surface area contributed by atoms with Crippen LogP contribution in [0.2, 0.25) is 5.02 Å². The zero-order valence-corrected chi connectivity index (χ0v) is 17.3. The molecule has 0 unspecified atom stereocenters. The van der Waals surface area contributed by atoms with Crippen LogP contribution in [0, 0.1) is 10.1 Å². The van der Waals surface area contributed by atoms with Gasteiger partial charge in [-0.2, -0.15) is 0 Å². The molecule has 29 heavy (non-hydrogen) atoms. The average molecular weight is 440 g/mol. The SMILES string of the molecule is Cl.O=C(NCCN1CCC(O)(c2ccc(Cl)cc2)CC1)c1ccccc1[N+](=O)[O-]. The fraction of sp³-hybridized carbons (Fsp3) is 0.350. The second-order valence-electron chi connectivity index (χ2n) is 6.91. The van der Waals surface area contributed by atoms with E-state index in [0.717, 1.165) is 5.56 Å². The van der Waals surface area contributed by atoms with Crippen molar-refractivity contribution in [2.45, 2.75) is 18.4 Å². The van der Waals surface area contributed by atoms with Crippen molar-refractivity contribution >= 4 is 35.6 Å². The number of aliphatic hydroxyl groups is 1. The molecule has 1 aliphatic heterocycles. The quantitative estimate of drug-likeness (QED) is 0.531. The van der Waals surface area contributed by atoms with Crippen LogP contribution in [0.15, 0.2) is 48.5 Å². The summed E-state index contributed by atoms with van der Waals surface area (Å²) in [6.07, 6.45) is 1.18. The molecule has 2 N–H and O–H groups in total. The van der Waals surface area contributed by atoms with Gasteiger partial charge in [-0.25, -0.2) is 0 Å². The summed E-state index contributed by atoms with van der Waals surface area (Å²) < 4.78 is 0. The monoisotopic (exact) mass is 439 g/mol. The Morgan fingerprint density at radius 1 is 1.17 bits per heavy atom. The zero-order chi connectivity index (χ0) is 20.1. The predicted molar refractivity (Wildman–Crippen MR) is 114 cm³/mol. The van der Waals surface area contributed by atoms with E-state index in [-0.39, 0.29) is 23.7 Å². The van der Waals surface area contributed by atoms with Gasteiger partial charge in [0.2, 0.25) is 0 Å². The lowest BCUT2D eigenvalue weighted by Gasteiger charge is -2.38. The number of nitrogens with one attached hydrogen (secondary N) is 1. The topological polar surface area (TPSA) is 95.7 Å². The summed E-state index contributed by atoms with van der Waals surface area (Å²) in [5, 5.41) is 25.3. The molecule has 1 amide bonds. The van der Waals surface area contributed by atoms with Crippen LogP contribution in [0.3, 0.4) is 0 Å². The first-order valence-electron chi connectivity index (χ1n) is 9.11. The number of hydrogen-bond acceptors (Lipinski definition) is 5. The molecule has 7 nitrogen and oxygen atoms in total. The lowest BCUT2D eigenvalue weighted by Crippen LogP contribution is -2.45. The van der Waals surface area contributed by atoms with Crippen LogP contribution in [-0.2, 0) is 5.60 Å². The van der Waals surface area contributed by atoms with Crippen molar-refractivity contribution in [2.24, 2.45) is 0 Å². The number of piperidine rings is 1. The minimum atomic E-state index is -0.866. The summed E-state index contributed by atoms with van der Waals surface area (Å²) in [6, 6.07) is 13.2. The number of hydrogen-bond donors (Lipinski definition) is 2. The van der Waals surface area contributed by atoms with Gasteiger partial charge in [-0.15, -0.1) is 12.4 Å². The molecule has 0 saturated carbocycles. The molecule has 1 fully saturated rings. The normalized spacial score (nSPS) is 15.9. The van der Waals surface area contributed by atoms with Crippen LogP contribution in [0.5, 0.6) is 0 Å². The van der Waals surface area contributed by atoms with Crippen molar-refractivity contribution in [3.8, 4) is 0 Å². The largest absolute Gasteiger partial charge is 0.385 e. The predicted octanol–water partition coefficient (Wildman–Crippen LogP) is 3.38. The molecule has 0 bridgehead atoms. The van der Waals surface area contributed by atoms with Crippen molar-refractivity contribution in [2.75, 3.05) is 26.2 Å². The molecule has 0 aromatic heterocycles. The highest BCUT2D eigenvalue weighted by atomic mass is 35.5. The van der Waals surface area contributed by atoms with E-state index in [0.29, 0.717) is 44.0 Å². The number of para-hydroxylation sites is 1. The molecule has 3 rings (SSSR count). The number of carbonyl (C=O) groups is 1. The fourth-order valence-corrected chi connectivity index (χ4v) is 3.57. The van der Waals surface area contributed by atoms with Crippen LogP contribution >= 0.6 is 24.0 Å². The van der Waals surface area contributed by atoms with Gasteiger partial charge in [0.1, 0.15) is 5.56 Å². The van der Waals surface area contributed by atoms with Gasteiger partial charge in [0.25, 0.3) is 11.6 Å². The molecule has 2 aromatic carbocycles. The molecule has 9 heteroatoms. The van der Waals surface area contributed by atoms with Gasteiger partial charge in [0.05, 0.1) is 10.5 Å². The van der Waals surface area contributed by atoms with E-state index >= 15 is 0 Å². The van der Waals surface area contributed by atoms with Crippen LogP contribution < -0.4 is 5.32 Å². The molecule has 1 aliphatic rings. The van der Waals surface area contributed by atoms with Crippen LogP contribution in [0.4, 0.5) is 5.69 Å². The molecule has 0 aliphatic carbocycles. The van der Waals surface area contributed by atoms with E-state index in [1.807, 2.05) is 12.1 Å². The smallest absolute Gasteiger partial charge is 0.282 e. The number of halogens is 2. The number of benzene rings is 2. The molecule has 0 radical (unpaired) electrons. The van der Waals surface area contributed by atoms with Gasteiger partial charge >= 0.3 is 0 Å². The molecule has 2 aromatic rings. The third-order valence-corrected chi connectivity index (χ3v) is 5.38. The van der Waals surface area contributed by atoms with Gasteiger partial charge in [0.15, 0.2) is 0 Å². The lowest BCUT2D eigenvalue weighted by atomic mass is 9.84. The number of rotatable bonds is 6. The number of nitrogens with zero attached hydrogens (tertiary/aromatic N) is 2. The highest BCUT2D eigenvalue weighted by Crippen LogP contribution is 2.33. The van der Waals surface area contributed by atoms with E-state index in [9.17, 15) is 20.0 Å². The van der Waals surface area contributed by atoms with Gasteiger partial charge < -0.3 is 15.3 Å². The minimum absolute atomic E-state index is 0. The number of likely N-dealkylation sites (tertiary alicyclic amines) is 1. The summed E-state index contributed by atoms with van der Waals surface area (Å²) in [6.45, 7) is 2.38. The second-order valence-corrected chi connectivity index (χ2v) is 7.35. The summed E-state index contributed by atoms with van der Waals surface area (Å²) in [5.74, 6) is -0.457. The maximum Gasteiger partial charge on any atom is 0.282 e. The standard InChI is InChI=1S/C20H22ClN3O4.ClH/c21-16-7-5-15(6-8-16)20(26)9-12-23(13-10-20)14-11-22-19(25)17-3-1-2-4-18(17)24(27)28;/h1-8,26H,9-14H2,(H,22,25);1H. The Morgan fingerprint density at radius 3 is 2.41 bits per heavy atom. The highest BCUT2D eigenvalue weighted by Gasteiger charge is 2.33. The van der Waals surface area contributed by atoms with E-state index in [1.165, 1.54) is 18.2 Å². The molecular weight excluding hydrogens is 417 g/mol. The van der Waals surface area contributed by atoms with Crippen molar-refractivity contribution in [1.29, 1.82) is 0 Å². The van der Waals surface area contributed by atoms with Crippen LogP contribution in [0.25, 0.3) is 0 Å². The van der Waals surface area contributed by atoms with Crippen molar-refractivity contribution in [3.05, 3.63) is 74.8 Å². The summed E-state index contributed by atoms with van der Waals surface area (Å²) in [5.41, 5.74) is -0.148. The average Bonchev–Trinajstić information content (AvgIpc) is 2.70. The van der Waals surface area contributed by atoms with Gasteiger partial charge in [-0.3, -0.25) is 14.9 Å². The van der Waals surface area contributed by atoms with Gasteiger partial charge in [-0.1, -0.05) is 35.9 Å². The maximum absolute atomic E-state index is 12.2. The summed E-state index contributed by atoms with van der Waals surface area (Å²) in [7, 11) is 0. The van der Waals surface area contributed by atoms with Gasteiger partial charge in [0, 0.05) is 37.3 Å². The maximum atomic E-state index is 12.2. The highest BCUT2D eigenvalue weighted by molar-refractivity contribution is 6.30. The van der Waals surface area contributed by atoms with Gasteiger partial charge in [-0.05, 0) is 36.6 Å². The Balaban J connectivity index is 0.00000300. The number of nitro benzene ring substituents is 1. The fourth-order valence-electron chi connectivity index (χ4n) is 3.44. The van der Waals surface area contributed by atoms with E-state index < -0.39 is 16.4 Å². The molecule has 0 spiro atoms. The van der Waals surface area contributed by atoms with E-state index in [2.05, 4.69) is 10.2 Å². The summed E-state index contributed by atoms with van der Waals surface area (Å²) >= 11 is 5.91. The molecule has 1 heterocycles. The number of carbonyl (C=O) groups excluding carboxylic acids is 1. The Bertz CT molecular complexity index is 853. The van der Waals surface area contributed by atoms with Crippen molar-refractivity contribution < 1.29 is 14.8 Å². The first-order valence-corrected chi connectivity index (χ1v) is 9.49. The third-order valence-electron chi connectivity index (χ3n) is 5.12. The minimum Gasteiger partial charge on any atom is -0.385 e. The molecule has 156 valence electrons. The Labute approximate surface area is 180 Å². The van der Waals surface area contributed by atoms with E-state index in [1.54, 1.807) is 18.2 Å². The molecule has 0 atom stereocenters. The summed E-state index contributed by atoms with van der Waals surface area (Å²) in [4.78, 5) is 24.9. The van der Waals surface area contributed by atoms with Crippen molar-refractivity contribution in [1.82, 2.24) is 10.2 Å². The zero-order valence-electron chi connectivity index (χ0n) is 15.7. The van der Waals surface area contributed by atoms with E-state index in [4.69, 9.17) is 11.6 Å². The first kappa shape index (κ1) is 23.1. The number of nitro groups is 1. The first-order chi connectivity index (χ1) is 13.4. The number of amides is 1. The van der Waals surface area contributed by atoms with Crippen LogP contribution in [-0.4, -0.2) is 47.0 Å². The Kier molecular flexibility index (Phi) is 7.98. The Morgan fingerprint density at radius 2 is 1.79 bits per heavy atom.